The molecule has 0 aromatic heterocycles. The number of hydrogen-bond acceptors (Lipinski definition) is 1. The number of fused-ring (bicyclic) bond motifs is 3. The second-order valence-corrected chi connectivity index (χ2v) is 4.72. The molecule has 0 fully saturated rings. The van der Waals surface area contributed by atoms with Crippen LogP contribution in [0.15, 0.2) is 42.0 Å². The Bertz CT molecular complexity index is 535. The first-order valence-electron chi connectivity index (χ1n) is 7.69. The van der Waals surface area contributed by atoms with Gasteiger partial charge in [0, 0.05) is 11.5 Å². The van der Waals surface area contributed by atoms with Gasteiger partial charge in [-0.15, -0.1) is 0 Å². The third-order valence-electron chi connectivity index (χ3n) is 3.62. The molecule has 20 heavy (non-hydrogen) atoms. The molecule has 0 radical (unpaired) electrons. The van der Waals surface area contributed by atoms with Crippen LogP contribution in [0.2, 0.25) is 0 Å². The van der Waals surface area contributed by atoms with Crippen LogP contribution in [0.25, 0.3) is 0 Å². The highest BCUT2D eigenvalue weighted by Gasteiger charge is 2.38. The van der Waals surface area contributed by atoms with Crippen molar-refractivity contribution in [2.75, 3.05) is 0 Å². The minimum atomic E-state index is 0.0415. The molecule has 108 valence electrons. The molecule has 0 saturated carbocycles. The van der Waals surface area contributed by atoms with Crippen LogP contribution in [0, 0.1) is 12.8 Å². The Morgan fingerprint density at radius 3 is 2.25 bits per heavy atom. The quantitative estimate of drug-likeness (QED) is 0.612. The Balaban J connectivity index is 0.000000461. The van der Waals surface area contributed by atoms with Gasteiger partial charge in [0.1, 0.15) is 0 Å². The number of aryl methyl sites for hydroxylation is 1. The van der Waals surface area contributed by atoms with Crippen molar-refractivity contribution in [1.82, 2.24) is 0 Å². The van der Waals surface area contributed by atoms with Crippen LogP contribution in [0.3, 0.4) is 0 Å². The number of carbonyl (C=O) groups is 1. The first kappa shape index (κ1) is 16.4. The zero-order chi connectivity index (χ0) is 15.3. The van der Waals surface area contributed by atoms with Crippen molar-refractivity contribution in [1.29, 1.82) is 0 Å². The first-order valence-corrected chi connectivity index (χ1v) is 7.69. The summed E-state index contributed by atoms with van der Waals surface area (Å²) in [5.41, 5.74) is 4.65. The average Bonchev–Trinajstić information content (AvgIpc) is 2.77. The molecule has 1 heteroatoms. The van der Waals surface area contributed by atoms with Gasteiger partial charge in [-0.3, -0.25) is 4.79 Å². The number of ketones is 1. The van der Waals surface area contributed by atoms with Gasteiger partial charge >= 0.3 is 0 Å². The Kier molecular flexibility index (Phi) is 5.94. The third-order valence-corrected chi connectivity index (χ3v) is 3.62. The molecule has 0 aliphatic heterocycles. The lowest BCUT2D eigenvalue weighted by Gasteiger charge is -2.18. The van der Waals surface area contributed by atoms with Crippen molar-refractivity contribution in [3.63, 3.8) is 0 Å². The van der Waals surface area contributed by atoms with Crippen molar-refractivity contribution >= 4 is 5.78 Å². The van der Waals surface area contributed by atoms with E-state index in [1.165, 1.54) is 16.7 Å². The van der Waals surface area contributed by atoms with E-state index < -0.39 is 0 Å². The second kappa shape index (κ2) is 7.23. The molecule has 1 aromatic rings. The van der Waals surface area contributed by atoms with E-state index in [0.717, 1.165) is 5.56 Å². The van der Waals surface area contributed by atoms with Gasteiger partial charge in [-0.2, -0.15) is 0 Å². The lowest BCUT2D eigenvalue weighted by Crippen LogP contribution is -2.12. The minimum Gasteiger partial charge on any atom is -0.293 e. The fourth-order valence-electron chi connectivity index (χ4n) is 2.85. The summed E-state index contributed by atoms with van der Waals surface area (Å²) in [7, 11) is 0. The number of benzene rings is 1. The smallest absolute Gasteiger partial charge is 0.170 e. The van der Waals surface area contributed by atoms with E-state index in [9.17, 15) is 4.79 Å². The molecule has 1 nitrogen and oxygen atoms in total. The molecule has 2 aliphatic carbocycles. The molecule has 0 amide bonds. The molecular weight excluding hydrogens is 244 g/mol. The molecule has 2 aliphatic rings. The highest BCUT2D eigenvalue weighted by atomic mass is 16.1. The van der Waals surface area contributed by atoms with Gasteiger partial charge in [-0.1, -0.05) is 69.7 Å². The van der Waals surface area contributed by atoms with Crippen LogP contribution >= 0.6 is 0 Å². The van der Waals surface area contributed by atoms with Crippen LogP contribution in [-0.4, -0.2) is 5.78 Å². The van der Waals surface area contributed by atoms with Gasteiger partial charge < -0.3 is 0 Å². The van der Waals surface area contributed by atoms with Crippen molar-refractivity contribution in [2.45, 2.75) is 47.5 Å². The fourth-order valence-corrected chi connectivity index (χ4v) is 2.85. The molecule has 2 atom stereocenters. The Hall–Kier alpha value is -1.63. The van der Waals surface area contributed by atoms with E-state index in [2.05, 4.69) is 38.1 Å². The Labute approximate surface area is 123 Å². The summed E-state index contributed by atoms with van der Waals surface area (Å²) < 4.78 is 0. The van der Waals surface area contributed by atoms with E-state index in [1.807, 2.05) is 39.8 Å². The summed E-state index contributed by atoms with van der Waals surface area (Å²) in [4.78, 5) is 12.2. The van der Waals surface area contributed by atoms with Gasteiger partial charge in [0.2, 0.25) is 0 Å². The highest BCUT2D eigenvalue weighted by Crippen LogP contribution is 2.43. The monoisotopic (exact) mass is 270 g/mol. The van der Waals surface area contributed by atoms with Crippen molar-refractivity contribution in [3.8, 4) is 0 Å². The summed E-state index contributed by atoms with van der Waals surface area (Å²) in [6.45, 7) is 12.2. The first-order chi connectivity index (χ1) is 9.68. The fraction of sp³-hybridized carbons (Fsp3) is 0.421. The molecule has 0 spiro atoms. The van der Waals surface area contributed by atoms with Gasteiger partial charge in [0.05, 0.1) is 5.92 Å². The van der Waals surface area contributed by atoms with E-state index >= 15 is 0 Å². The molecule has 2 unspecified atom stereocenters. The van der Waals surface area contributed by atoms with Gasteiger partial charge in [0.15, 0.2) is 5.78 Å². The predicted octanol–water partition coefficient (Wildman–Crippen LogP) is 5.46. The van der Waals surface area contributed by atoms with Crippen LogP contribution < -0.4 is 0 Å². The maximum atomic E-state index is 12.2. The maximum absolute atomic E-state index is 12.2. The number of rotatable bonds is 0. The normalized spacial score (nSPS) is 21.7. The van der Waals surface area contributed by atoms with E-state index in [1.54, 1.807) is 0 Å². The Morgan fingerprint density at radius 1 is 0.950 bits per heavy atom. The summed E-state index contributed by atoms with van der Waals surface area (Å²) >= 11 is 0. The van der Waals surface area contributed by atoms with Gasteiger partial charge in [-0.25, -0.2) is 0 Å². The number of allylic oxidation sites excluding steroid dienone is 4. The second-order valence-electron chi connectivity index (χ2n) is 4.72. The third kappa shape index (κ3) is 2.77. The topological polar surface area (TPSA) is 17.1 Å². The Morgan fingerprint density at radius 2 is 1.60 bits per heavy atom. The van der Waals surface area contributed by atoms with Crippen LogP contribution in [0.1, 0.15) is 62.0 Å². The number of Topliss-reactive ketones (excluding diaryl/α,β-unsaturated/α-hetero) is 1. The highest BCUT2D eigenvalue weighted by molar-refractivity contribution is 6.05. The lowest BCUT2D eigenvalue weighted by molar-refractivity contribution is 0.0954. The van der Waals surface area contributed by atoms with Gasteiger partial charge in [0.25, 0.3) is 0 Å². The summed E-state index contributed by atoms with van der Waals surface area (Å²) in [5.74, 6) is 0.595. The van der Waals surface area contributed by atoms with Crippen molar-refractivity contribution in [3.05, 3.63) is 58.7 Å². The van der Waals surface area contributed by atoms with E-state index in [-0.39, 0.29) is 17.6 Å². The zero-order valence-corrected chi connectivity index (χ0v) is 13.5. The summed E-state index contributed by atoms with van der Waals surface area (Å²) in [5, 5.41) is 0. The number of carbonyl (C=O) groups excluding carboxylic acids is 1. The predicted molar refractivity (Wildman–Crippen MR) is 87.3 cm³/mol. The van der Waals surface area contributed by atoms with Gasteiger partial charge in [-0.05, 0) is 25.0 Å². The minimum absolute atomic E-state index is 0.0415. The number of hydrogen-bond donors (Lipinski definition) is 0. The summed E-state index contributed by atoms with van der Waals surface area (Å²) in [6, 6.07) is 6.03. The molecule has 3 rings (SSSR count). The lowest BCUT2D eigenvalue weighted by atomic mass is 9.85. The van der Waals surface area contributed by atoms with Crippen molar-refractivity contribution in [2.24, 2.45) is 5.92 Å². The standard InChI is InChI=1S/C15H14O.2C2H6/c1-9-6-7-11-13(8-9)14-10(2)4-3-5-12(14)15(11)16;2*1-2/h3-8,11,13H,1-2H3;2*1-2H3. The zero-order valence-electron chi connectivity index (χ0n) is 13.5. The molecule has 0 N–H and O–H groups in total. The van der Waals surface area contributed by atoms with Crippen molar-refractivity contribution < 1.29 is 4.79 Å². The van der Waals surface area contributed by atoms with E-state index in [4.69, 9.17) is 0 Å². The molecule has 0 saturated heterocycles. The average molecular weight is 270 g/mol. The van der Waals surface area contributed by atoms with Crippen LogP contribution in [-0.2, 0) is 0 Å². The molecule has 0 bridgehead atoms. The van der Waals surface area contributed by atoms with Crippen LogP contribution in [0.4, 0.5) is 0 Å². The molecular formula is C19H26O. The summed E-state index contributed by atoms with van der Waals surface area (Å²) in [6.07, 6.45) is 6.34. The SMILES string of the molecule is CC.CC.CC1=CC2c3c(C)cccc3C(=O)C2C=C1. The molecule has 1 aromatic carbocycles. The largest absolute Gasteiger partial charge is 0.293 e. The van der Waals surface area contributed by atoms with E-state index in [0.29, 0.717) is 0 Å². The molecule has 0 heterocycles. The maximum Gasteiger partial charge on any atom is 0.170 e. The van der Waals surface area contributed by atoms with Crippen LogP contribution in [0.5, 0.6) is 0 Å².